The van der Waals surface area contributed by atoms with E-state index in [2.05, 4.69) is 188 Å². The van der Waals surface area contributed by atoms with Gasteiger partial charge in [0.1, 0.15) is 0 Å². The van der Waals surface area contributed by atoms with Gasteiger partial charge in [0.2, 0.25) is 0 Å². The Kier molecular flexibility index (Phi) is 10.8. The highest BCUT2D eigenvalue weighted by Gasteiger charge is 2.18. The van der Waals surface area contributed by atoms with Gasteiger partial charge in [-0.25, -0.2) is 0 Å². The molecular weight excluding hydrogens is 735 g/mol. The standard InChI is InChI=1S/C52H39NS3/c53-30-9-31-54-43-24-18-36(19-25-43)52(37-20-26-44(27-21-37)55-34-50-46-14-5-1-10-39(46)32-40-11-2-6-15-47(40)50)38-22-28-45(29-23-38)56-35-51-48-16-7-3-12-41(48)33-42-13-4-8-17-49(42)51/h1-8,10-29,32-33,52H,9,31,34-35H2. The summed E-state index contributed by atoms with van der Waals surface area (Å²) in [6.07, 6.45) is 0.553. The van der Waals surface area contributed by atoms with Crippen LogP contribution in [-0.2, 0) is 11.5 Å². The van der Waals surface area contributed by atoms with Crippen molar-refractivity contribution in [2.24, 2.45) is 0 Å². The molecule has 1 nitrogen and oxygen atoms in total. The molecule has 0 aromatic heterocycles. The summed E-state index contributed by atoms with van der Waals surface area (Å²) in [5, 5.41) is 19.5. The van der Waals surface area contributed by atoms with Gasteiger partial charge in [-0.2, -0.15) is 5.26 Å². The molecule has 56 heavy (non-hydrogen) atoms. The first-order valence-corrected chi connectivity index (χ1v) is 22.0. The SMILES string of the molecule is N#CCCSc1ccc(C(c2ccc(SCc3c4ccccc4cc4ccccc34)cc2)c2ccc(SCc3c4ccccc4cc4ccccc34)cc2)cc1. The molecule has 0 saturated heterocycles. The first kappa shape index (κ1) is 36.2. The second kappa shape index (κ2) is 16.7. The summed E-state index contributed by atoms with van der Waals surface area (Å²) in [4.78, 5) is 3.73. The fourth-order valence-electron chi connectivity index (χ4n) is 7.90. The van der Waals surface area contributed by atoms with E-state index in [-0.39, 0.29) is 5.92 Å². The number of nitriles is 1. The van der Waals surface area contributed by atoms with E-state index < -0.39 is 0 Å². The fourth-order valence-corrected chi connectivity index (χ4v) is 10.6. The van der Waals surface area contributed by atoms with Crippen LogP contribution in [0.25, 0.3) is 43.1 Å². The molecule has 0 aliphatic rings. The number of hydrogen-bond donors (Lipinski definition) is 0. The Morgan fingerprint density at radius 1 is 0.393 bits per heavy atom. The van der Waals surface area contributed by atoms with E-state index in [1.54, 1.807) is 11.8 Å². The molecule has 9 rings (SSSR count). The predicted octanol–water partition coefficient (Wildman–Crippen LogP) is 15.1. The lowest BCUT2D eigenvalue weighted by molar-refractivity contribution is 0.967. The van der Waals surface area contributed by atoms with Crippen molar-refractivity contribution in [2.45, 2.75) is 38.5 Å². The molecule has 0 amide bonds. The van der Waals surface area contributed by atoms with Crippen molar-refractivity contribution in [3.05, 3.63) is 210 Å². The molecule has 270 valence electrons. The fraction of sp³-hybridized carbons (Fsp3) is 0.0962. The average molecular weight is 774 g/mol. The largest absolute Gasteiger partial charge is 0.198 e. The number of fused-ring (bicyclic) bond motifs is 4. The van der Waals surface area contributed by atoms with Crippen molar-refractivity contribution in [1.82, 2.24) is 0 Å². The third-order valence-corrected chi connectivity index (χ3v) is 13.7. The van der Waals surface area contributed by atoms with Gasteiger partial charge in [0.25, 0.3) is 0 Å². The Balaban J connectivity index is 0.988. The number of hydrogen-bond acceptors (Lipinski definition) is 4. The van der Waals surface area contributed by atoms with Crippen LogP contribution < -0.4 is 0 Å². The highest BCUT2D eigenvalue weighted by molar-refractivity contribution is 7.99. The third-order valence-electron chi connectivity index (χ3n) is 10.7. The minimum absolute atomic E-state index is 0.0929. The van der Waals surface area contributed by atoms with Crippen molar-refractivity contribution in [1.29, 1.82) is 5.26 Å². The molecule has 0 aliphatic heterocycles. The van der Waals surface area contributed by atoms with Gasteiger partial charge in [0.15, 0.2) is 0 Å². The van der Waals surface area contributed by atoms with Crippen LogP contribution in [0.1, 0.15) is 40.2 Å². The van der Waals surface area contributed by atoms with Crippen LogP contribution >= 0.6 is 35.3 Å². The molecule has 0 heterocycles. The van der Waals surface area contributed by atoms with E-state index in [4.69, 9.17) is 5.26 Å². The number of thioether (sulfide) groups is 3. The molecule has 4 heteroatoms. The molecule has 0 spiro atoms. The van der Waals surface area contributed by atoms with Crippen LogP contribution in [0.4, 0.5) is 0 Å². The van der Waals surface area contributed by atoms with E-state index in [9.17, 15) is 0 Å². The zero-order valence-corrected chi connectivity index (χ0v) is 33.3. The van der Waals surface area contributed by atoms with E-state index in [1.165, 1.54) is 85.6 Å². The molecule has 9 aromatic rings. The molecule has 0 atom stereocenters. The van der Waals surface area contributed by atoms with Crippen molar-refractivity contribution in [3.8, 4) is 6.07 Å². The van der Waals surface area contributed by atoms with Crippen molar-refractivity contribution >= 4 is 78.4 Å². The third kappa shape index (κ3) is 7.68. The second-order valence-corrected chi connectivity index (χ2v) is 17.3. The normalized spacial score (nSPS) is 11.5. The first-order chi connectivity index (χ1) is 27.7. The topological polar surface area (TPSA) is 23.8 Å². The van der Waals surface area contributed by atoms with E-state index in [1.807, 2.05) is 23.5 Å². The zero-order chi connectivity index (χ0) is 37.7. The maximum atomic E-state index is 9.04. The highest BCUT2D eigenvalue weighted by Crippen LogP contribution is 2.39. The highest BCUT2D eigenvalue weighted by atomic mass is 32.2. The maximum Gasteiger partial charge on any atom is 0.0630 e. The van der Waals surface area contributed by atoms with Gasteiger partial charge in [-0.3, -0.25) is 0 Å². The smallest absolute Gasteiger partial charge is 0.0630 e. The van der Waals surface area contributed by atoms with Gasteiger partial charge in [-0.15, -0.1) is 35.3 Å². The van der Waals surface area contributed by atoms with Crippen molar-refractivity contribution in [3.63, 3.8) is 0 Å². The number of benzene rings is 9. The minimum Gasteiger partial charge on any atom is -0.198 e. The summed E-state index contributed by atoms with van der Waals surface area (Å²) in [5.74, 6) is 2.71. The molecular formula is C52H39NS3. The Labute approximate surface area is 341 Å². The summed E-state index contributed by atoms with van der Waals surface area (Å²) in [7, 11) is 0. The molecule has 0 saturated carbocycles. The van der Waals surface area contributed by atoms with Crippen LogP contribution in [0, 0.1) is 11.3 Å². The Morgan fingerprint density at radius 2 is 0.714 bits per heavy atom. The molecule has 0 bridgehead atoms. The van der Waals surface area contributed by atoms with Gasteiger partial charge >= 0.3 is 0 Å². The average Bonchev–Trinajstić information content (AvgIpc) is 3.25. The van der Waals surface area contributed by atoms with Crippen LogP contribution in [0.3, 0.4) is 0 Å². The van der Waals surface area contributed by atoms with E-state index in [0.717, 1.165) is 17.3 Å². The summed E-state index contributed by atoms with van der Waals surface area (Å²) >= 11 is 5.55. The molecule has 0 aliphatic carbocycles. The molecule has 0 radical (unpaired) electrons. The molecule has 0 fully saturated rings. The van der Waals surface area contributed by atoms with Crippen LogP contribution in [0.2, 0.25) is 0 Å². The molecule has 0 N–H and O–H groups in total. The summed E-state index contributed by atoms with van der Waals surface area (Å²) in [5.41, 5.74) is 6.60. The van der Waals surface area contributed by atoms with E-state index >= 15 is 0 Å². The Bertz CT molecular complexity index is 2560. The predicted molar refractivity (Wildman–Crippen MR) is 243 cm³/mol. The quantitative estimate of drug-likeness (QED) is 0.0534. The lowest BCUT2D eigenvalue weighted by atomic mass is 9.85. The Hall–Kier alpha value is -5.44. The van der Waals surface area contributed by atoms with Crippen LogP contribution in [0.5, 0.6) is 0 Å². The molecule has 9 aromatic carbocycles. The van der Waals surface area contributed by atoms with Crippen LogP contribution in [-0.4, -0.2) is 5.75 Å². The van der Waals surface area contributed by atoms with Crippen LogP contribution in [0.15, 0.2) is 197 Å². The first-order valence-electron chi connectivity index (χ1n) is 19.1. The lowest BCUT2D eigenvalue weighted by Crippen LogP contribution is -2.03. The summed E-state index contributed by atoms with van der Waals surface area (Å²) in [6.45, 7) is 0. The van der Waals surface area contributed by atoms with Crippen molar-refractivity contribution in [2.75, 3.05) is 5.75 Å². The van der Waals surface area contributed by atoms with Gasteiger partial charge in [0.05, 0.1) is 6.07 Å². The van der Waals surface area contributed by atoms with Gasteiger partial charge in [-0.1, -0.05) is 133 Å². The second-order valence-electron chi connectivity index (χ2n) is 14.1. The van der Waals surface area contributed by atoms with Gasteiger partial charge in [-0.05, 0) is 119 Å². The number of rotatable bonds is 12. The lowest BCUT2D eigenvalue weighted by Gasteiger charge is -2.20. The van der Waals surface area contributed by atoms with Crippen molar-refractivity contribution < 1.29 is 0 Å². The van der Waals surface area contributed by atoms with Gasteiger partial charge in [0, 0.05) is 44.3 Å². The summed E-state index contributed by atoms with van der Waals surface area (Å²) in [6, 6.07) is 69.3. The van der Waals surface area contributed by atoms with E-state index in [0.29, 0.717) is 6.42 Å². The number of nitrogens with zero attached hydrogens (tertiary/aromatic N) is 1. The molecule has 0 unspecified atom stereocenters. The minimum atomic E-state index is 0.0929. The zero-order valence-electron chi connectivity index (χ0n) is 30.9. The monoisotopic (exact) mass is 773 g/mol. The maximum absolute atomic E-state index is 9.04. The Morgan fingerprint density at radius 3 is 1.05 bits per heavy atom. The summed E-state index contributed by atoms with van der Waals surface area (Å²) < 4.78 is 0. The van der Waals surface area contributed by atoms with Gasteiger partial charge < -0.3 is 0 Å².